The van der Waals surface area contributed by atoms with Crippen LogP contribution in [0.15, 0.2) is 72.8 Å². The van der Waals surface area contributed by atoms with Crippen LogP contribution in [0.3, 0.4) is 0 Å². The SMILES string of the molecule is CCN(CC)CCCCC(c1ccccc1Cl)N1CCN(C(=O)[C@@H](Cc2ccc(N)cc2)NC(=O)CC2(C)CN(C)Cc3ccccc32)CC1. The standard InChI is InChI=1S/C41H57ClN6O2/c1-5-46(6-2)22-12-11-17-38(34-14-8-10-16-36(34)42)47-23-25-48(26-24-47)40(50)37(27-31-18-20-33(43)21-19-31)44-39(49)28-41(3)30-45(4)29-32-13-7-9-15-35(32)41/h7-10,13-16,18-21,37-38H,5-6,11-12,17,22-30,43H2,1-4H3,(H,44,49)/t37-,38?,41?/m1/s1. The second kappa shape index (κ2) is 17.7. The van der Waals surface area contributed by atoms with Crippen molar-refractivity contribution in [3.63, 3.8) is 0 Å². The predicted molar refractivity (Wildman–Crippen MR) is 205 cm³/mol. The number of halogens is 1. The number of nitrogens with one attached hydrogen (secondary N) is 1. The fourth-order valence-corrected chi connectivity index (χ4v) is 8.34. The molecule has 3 aromatic carbocycles. The van der Waals surface area contributed by atoms with Crippen LogP contribution in [-0.4, -0.2) is 96.9 Å². The summed E-state index contributed by atoms with van der Waals surface area (Å²) in [7, 11) is 2.10. The monoisotopic (exact) mass is 700 g/mol. The van der Waals surface area contributed by atoms with Crippen molar-refractivity contribution in [3.05, 3.63) is 100 Å². The lowest BCUT2D eigenvalue weighted by Crippen LogP contribution is -2.56. The van der Waals surface area contributed by atoms with Gasteiger partial charge in [-0.2, -0.15) is 0 Å². The van der Waals surface area contributed by atoms with Crippen LogP contribution in [0.5, 0.6) is 0 Å². The molecular weight excluding hydrogens is 644 g/mol. The van der Waals surface area contributed by atoms with E-state index in [-0.39, 0.29) is 23.3 Å². The molecule has 5 rings (SSSR count). The number of rotatable bonds is 15. The maximum Gasteiger partial charge on any atom is 0.245 e. The minimum absolute atomic E-state index is 0.0327. The highest BCUT2D eigenvalue weighted by Gasteiger charge is 2.38. The summed E-state index contributed by atoms with van der Waals surface area (Å²) in [5.74, 6) is -0.136. The summed E-state index contributed by atoms with van der Waals surface area (Å²) < 4.78 is 0. The molecule has 0 saturated carbocycles. The summed E-state index contributed by atoms with van der Waals surface area (Å²) >= 11 is 6.77. The number of benzene rings is 3. The number of nitrogen functional groups attached to an aromatic ring is 1. The molecule has 0 bridgehead atoms. The number of anilines is 1. The minimum atomic E-state index is -0.669. The Balaban J connectivity index is 1.27. The first kappa shape index (κ1) is 37.8. The highest BCUT2D eigenvalue weighted by Crippen LogP contribution is 2.36. The van der Waals surface area contributed by atoms with E-state index in [1.165, 1.54) is 11.1 Å². The van der Waals surface area contributed by atoms with Crippen molar-refractivity contribution in [1.82, 2.24) is 24.9 Å². The molecule has 2 unspecified atom stereocenters. The van der Waals surface area contributed by atoms with Crippen molar-refractivity contribution >= 4 is 29.1 Å². The van der Waals surface area contributed by atoms with Crippen molar-refractivity contribution in [2.75, 3.05) is 65.1 Å². The van der Waals surface area contributed by atoms with Crippen molar-refractivity contribution < 1.29 is 9.59 Å². The number of unbranched alkanes of at least 4 members (excludes halogenated alkanes) is 1. The van der Waals surface area contributed by atoms with Gasteiger partial charge in [-0.25, -0.2) is 0 Å². The summed E-state index contributed by atoms with van der Waals surface area (Å²) in [4.78, 5) is 37.3. The fraction of sp³-hybridized carbons (Fsp3) is 0.512. The van der Waals surface area contributed by atoms with E-state index in [0.29, 0.717) is 31.6 Å². The number of hydrogen-bond donors (Lipinski definition) is 2. The molecule has 2 heterocycles. The number of nitrogens with two attached hydrogens (primary N) is 1. The number of nitrogens with zero attached hydrogens (tertiary/aromatic N) is 4. The van der Waals surface area contributed by atoms with Crippen LogP contribution in [0.1, 0.15) is 74.8 Å². The first-order chi connectivity index (χ1) is 24.1. The van der Waals surface area contributed by atoms with Crippen molar-refractivity contribution in [1.29, 1.82) is 0 Å². The Morgan fingerprint density at radius 2 is 1.62 bits per heavy atom. The third-order valence-electron chi connectivity index (χ3n) is 10.8. The molecule has 0 aliphatic carbocycles. The molecule has 9 heteroatoms. The quantitative estimate of drug-likeness (QED) is 0.146. The van der Waals surface area contributed by atoms with Gasteiger partial charge < -0.3 is 25.8 Å². The van der Waals surface area contributed by atoms with Crippen LogP contribution in [0, 0.1) is 0 Å². The van der Waals surface area contributed by atoms with Gasteiger partial charge in [0.2, 0.25) is 11.8 Å². The Morgan fingerprint density at radius 1 is 0.940 bits per heavy atom. The number of hydrogen-bond acceptors (Lipinski definition) is 6. The number of carbonyl (C=O) groups excluding carboxylic acids is 2. The molecule has 270 valence electrons. The van der Waals surface area contributed by atoms with Gasteiger partial charge in [-0.05, 0) is 80.0 Å². The zero-order valence-electron chi connectivity index (χ0n) is 30.5. The molecule has 2 aliphatic rings. The highest BCUT2D eigenvalue weighted by molar-refractivity contribution is 6.31. The summed E-state index contributed by atoms with van der Waals surface area (Å²) in [6.45, 7) is 14.2. The van der Waals surface area contributed by atoms with E-state index in [2.05, 4.69) is 84.2 Å². The number of piperazine rings is 1. The van der Waals surface area contributed by atoms with Gasteiger partial charge in [0.1, 0.15) is 6.04 Å². The second-order valence-corrected chi connectivity index (χ2v) is 15.0. The Hall–Kier alpha value is -3.43. The molecule has 2 amide bonds. The Labute approximate surface area is 304 Å². The van der Waals surface area contributed by atoms with Gasteiger partial charge in [0.15, 0.2) is 0 Å². The fourth-order valence-electron chi connectivity index (χ4n) is 8.08. The van der Waals surface area contributed by atoms with Crippen LogP contribution in [0.2, 0.25) is 5.02 Å². The molecule has 2 aliphatic heterocycles. The zero-order valence-corrected chi connectivity index (χ0v) is 31.3. The molecule has 3 atom stereocenters. The smallest absolute Gasteiger partial charge is 0.245 e. The van der Waals surface area contributed by atoms with Crippen LogP contribution in [0.25, 0.3) is 0 Å². The number of fused-ring (bicyclic) bond motifs is 1. The molecular formula is C41H57ClN6O2. The third kappa shape index (κ3) is 9.66. The zero-order chi connectivity index (χ0) is 35.7. The van der Waals surface area contributed by atoms with Gasteiger partial charge >= 0.3 is 0 Å². The van der Waals surface area contributed by atoms with E-state index in [9.17, 15) is 9.59 Å². The highest BCUT2D eigenvalue weighted by atomic mass is 35.5. The molecule has 1 fully saturated rings. The van der Waals surface area contributed by atoms with Gasteiger partial charge in [-0.1, -0.05) is 93.4 Å². The Kier molecular flexibility index (Phi) is 13.4. The minimum Gasteiger partial charge on any atom is -0.399 e. The van der Waals surface area contributed by atoms with E-state index < -0.39 is 6.04 Å². The number of amides is 2. The Morgan fingerprint density at radius 3 is 2.32 bits per heavy atom. The van der Waals surface area contributed by atoms with E-state index in [1.54, 1.807) is 0 Å². The molecule has 1 saturated heterocycles. The largest absolute Gasteiger partial charge is 0.399 e. The van der Waals surface area contributed by atoms with Crippen molar-refractivity contribution in [2.24, 2.45) is 0 Å². The molecule has 3 N–H and O–H groups in total. The molecule has 8 nitrogen and oxygen atoms in total. The van der Waals surface area contributed by atoms with Crippen LogP contribution >= 0.6 is 11.6 Å². The van der Waals surface area contributed by atoms with Crippen LogP contribution in [-0.2, 0) is 28.0 Å². The summed E-state index contributed by atoms with van der Waals surface area (Å²) in [5, 5.41) is 4.00. The van der Waals surface area contributed by atoms with Crippen molar-refractivity contribution in [2.45, 2.75) is 76.9 Å². The first-order valence-electron chi connectivity index (χ1n) is 18.5. The van der Waals surface area contributed by atoms with Gasteiger partial charge in [-0.3, -0.25) is 14.5 Å². The van der Waals surface area contributed by atoms with Crippen LogP contribution < -0.4 is 11.1 Å². The number of likely N-dealkylation sites (N-methyl/N-ethyl adjacent to an activating group) is 1. The molecule has 0 aromatic heterocycles. The first-order valence-corrected chi connectivity index (χ1v) is 18.9. The van der Waals surface area contributed by atoms with Gasteiger partial charge in [0.05, 0.1) is 0 Å². The van der Waals surface area contributed by atoms with Gasteiger partial charge in [-0.15, -0.1) is 0 Å². The molecule has 3 aromatic rings. The predicted octanol–water partition coefficient (Wildman–Crippen LogP) is 6.14. The van der Waals surface area contributed by atoms with E-state index in [1.807, 2.05) is 41.3 Å². The normalized spacial score (nSPS) is 19.6. The maximum atomic E-state index is 14.3. The third-order valence-corrected chi connectivity index (χ3v) is 11.1. The second-order valence-electron chi connectivity index (χ2n) is 14.6. The van der Waals surface area contributed by atoms with E-state index in [0.717, 1.165) is 81.2 Å². The van der Waals surface area contributed by atoms with E-state index in [4.69, 9.17) is 17.3 Å². The van der Waals surface area contributed by atoms with Gasteiger partial charge in [0, 0.05) is 74.3 Å². The topological polar surface area (TPSA) is 85.1 Å². The van der Waals surface area contributed by atoms with Gasteiger partial charge in [0.25, 0.3) is 0 Å². The summed E-state index contributed by atoms with van der Waals surface area (Å²) in [6.07, 6.45) is 4.00. The average molecular weight is 701 g/mol. The van der Waals surface area contributed by atoms with Crippen LogP contribution in [0.4, 0.5) is 5.69 Å². The summed E-state index contributed by atoms with van der Waals surface area (Å²) in [5.41, 5.74) is 10.9. The average Bonchev–Trinajstić information content (AvgIpc) is 3.10. The van der Waals surface area contributed by atoms with Crippen molar-refractivity contribution in [3.8, 4) is 0 Å². The number of carbonyl (C=O) groups is 2. The lowest BCUT2D eigenvalue weighted by Gasteiger charge is -2.41. The Bertz CT molecular complexity index is 1550. The molecule has 0 radical (unpaired) electrons. The molecule has 50 heavy (non-hydrogen) atoms. The maximum absolute atomic E-state index is 14.3. The summed E-state index contributed by atoms with van der Waals surface area (Å²) in [6, 6.07) is 23.7. The lowest BCUT2D eigenvalue weighted by molar-refractivity contribution is -0.138. The molecule has 0 spiro atoms. The van der Waals surface area contributed by atoms with E-state index >= 15 is 0 Å². The lowest BCUT2D eigenvalue weighted by atomic mass is 9.74.